The molecule has 0 saturated carbocycles. The molecule has 0 spiro atoms. The van der Waals surface area contributed by atoms with E-state index in [-0.39, 0.29) is 22.9 Å². The van der Waals surface area contributed by atoms with Crippen LogP contribution in [0.3, 0.4) is 0 Å². The number of amides is 1. The minimum Gasteiger partial charge on any atom is -0.496 e. The number of methoxy groups -OCH3 is 1. The molecule has 0 fully saturated rings. The number of carbonyl (C=O) groups is 1. The first-order valence-corrected chi connectivity index (χ1v) is 8.16. The third-order valence-corrected chi connectivity index (χ3v) is 4.05. The lowest BCUT2D eigenvalue weighted by Crippen LogP contribution is -2.26. The summed E-state index contributed by atoms with van der Waals surface area (Å²) in [7, 11) is 3.04. The summed E-state index contributed by atoms with van der Waals surface area (Å²) in [4.78, 5) is 24.7. The fourth-order valence-electron chi connectivity index (χ4n) is 2.69. The van der Waals surface area contributed by atoms with E-state index >= 15 is 0 Å². The highest BCUT2D eigenvalue weighted by Crippen LogP contribution is 2.25. The molecule has 0 aliphatic rings. The van der Waals surface area contributed by atoms with Gasteiger partial charge < -0.3 is 9.64 Å². The summed E-state index contributed by atoms with van der Waals surface area (Å²) in [5.41, 5.74) is 1.73. The lowest BCUT2D eigenvalue weighted by atomic mass is 10.1. The van der Waals surface area contributed by atoms with Crippen molar-refractivity contribution in [2.45, 2.75) is 6.54 Å². The van der Waals surface area contributed by atoms with Crippen LogP contribution in [-0.4, -0.2) is 39.7 Å². The number of para-hydroxylation sites is 1. The highest BCUT2D eigenvalue weighted by molar-refractivity contribution is 5.97. The maximum Gasteiger partial charge on any atom is 0.270 e. The summed E-state index contributed by atoms with van der Waals surface area (Å²) in [6, 6.07) is 13.6. The number of non-ortho nitro benzene ring substituents is 1. The van der Waals surface area contributed by atoms with Crippen molar-refractivity contribution in [2.24, 2.45) is 0 Å². The van der Waals surface area contributed by atoms with Crippen LogP contribution in [0, 0.1) is 10.1 Å². The number of benzene rings is 2. The molecule has 0 aliphatic carbocycles. The van der Waals surface area contributed by atoms with Crippen LogP contribution in [0.25, 0.3) is 5.69 Å². The smallest absolute Gasteiger partial charge is 0.270 e. The Kier molecular flexibility index (Phi) is 5.16. The molecule has 0 aliphatic heterocycles. The molecule has 2 aromatic carbocycles. The molecule has 27 heavy (non-hydrogen) atoms. The predicted molar refractivity (Wildman–Crippen MR) is 99.0 cm³/mol. The van der Waals surface area contributed by atoms with Crippen LogP contribution in [0.1, 0.15) is 15.9 Å². The van der Waals surface area contributed by atoms with E-state index in [0.29, 0.717) is 6.54 Å². The van der Waals surface area contributed by atoms with Crippen molar-refractivity contribution >= 4 is 11.6 Å². The molecule has 3 aromatic rings. The zero-order chi connectivity index (χ0) is 19.4. The van der Waals surface area contributed by atoms with Crippen molar-refractivity contribution in [3.63, 3.8) is 0 Å². The Bertz CT molecular complexity index is 969. The average molecular weight is 366 g/mol. The molecule has 0 unspecified atom stereocenters. The molecular weight excluding hydrogens is 348 g/mol. The second kappa shape index (κ2) is 7.69. The van der Waals surface area contributed by atoms with Gasteiger partial charge in [0, 0.05) is 37.5 Å². The quantitative estimate of drug-likeness (QED) is 0.494. The Morgan fingerprint density at radius 1 is 1.26 bits per heavy atom. The van der Waals surface area contributed by atoms with Crippen molar-refractivity contribution in [3.05, 3.63) is 82.2 Å². The Morgan fingerprint density at radius 2 is 2.00 bits per heavy atom. The first kappa shape index (κ1) is 18.1. The number of rotatable bonds is 6. The van der Waals surface area contributed by atoms with Gasteiger partial charge in [0.15, 0.2) is 0 Å². The summed E-state index contributed by atoms with van der Waals surface area (Å²) in [6.07, 6.45) is 3.52. The number of carbonyl (C=O) groups excluding carboxylic acids is 1. The fourth-order valence-corrected chi connectivity index (χ4v) is 2.69. The minimum absolute atomic E-state index is 0.143. The number of nitro benzene ring substituents is 1. The Balaban J connectivity index is 1.80. The lowest BCUT2D eigenvalue weighted by molar-refractivity contribution is -0.384. The van der Waals surface area contributed by atoms with Gasteiger partial charge in [-0.1, -0.05) is 18.2 Å². The van der Waals surface area contributed by atoms with Crippen molar-refractivity contribution in [1.29, 1.82) is 0 Å². The first-order valence-electron chi connectivity index (χ1n) is 8.16. The van der Waals surface area contributed by atoms with Crippen LogP contribution >= 0.6 is 0 Å². The molecule has 138 valence electrons. The Hall–Kier alpha value is -3.68. The molecule has 0 bridgehead atoms. The maximum absolute atomic E-state index is 12.8. The monoisotopic (exact) mass is 366 g/mol. The summed E-state index contributed by atoms with van der Waals surface area (Å²) in [6.45, 7) is 0.303. The zero-order valence-electron chi connectivity index (χ0n) is 14.9. The number of hydrogen-bond donors (Lipinski definition) is 0. The SMILES string of the molecule is COc1ccc([N+](=O)[O-])cc1C(=O)N(C)Cc1cnn(-c2ccccc2)c1. The van der Waals surface area contributed by atoms with Gasteiger partial charge in [0.1, 0.15) is 5.75 Å². The molecule has 1 heterocycles. The van der Waals surface area contributed by atoms with E-state index < -0.39 is 4.92 Å². The predicted octanol–water partition coefficient (Wildman–Crippen LogP) is 3.06. The first-order chi connectivity index (χ1) is 13.0. The Morgan fingerprint density at radius 3 is 2.67 bits per heavy atom. The summed E-state index contributed by atoms with van der Waals surface area (Å²) in [5.74, 6) is -0.0829. The van der Waals surface area contributed by atoms with Gasteiger partial charge in [0.2, 0.25) is 0 Å². The van der Waals surface area contributed by atoms with Crippen LogP contribution in [-0.2, 0) is 6.54 Å². The van der Waals surface area contributed by atoms with Gasteiger partial charge in [0.25, 0.3) is 11.6 Å². The number of aromatic nitrogens is 2. The number of nitro groups is 1. The third kappa shape index (κ3) is 3.95. The van der Waals surface area contributed by atoms with Crippen molar-refractivity contribution < 1.29 is 14.5 Å². The highest BCUT2D eigenvalue weighted by atomic mass is 16.6. The van der Waals surface area contributed by atoms with E-state index in [1.165, 1.54) is 30.2 Å². The van der Waals surface area contributed by atoms with E-state index in [2.05, 4.69) is 5.10 Å². The van der Waals surface area contributed by atoms with Gasteiger partial charge >= 0.3 is 0 Å². The topological polar surface area (TPSA) is 90.5 Å². The standard InChI is InChI=1S/C19H18N4O4/c1-21(12-14-11-20-22(13-14)15-6-4-3-5-7-15)19(24)17-10-16(23(25)26)8-9-18(17)27-2/h3-11,13H,12H2,1-2H3. The van der Waals surface area contributed by atoms with E-state index in [4.69, 9.17) is 4.74 Å². The van der Waals surface area contributed by atoms with E-state index in [1.54, 1.807) is 17.9 Å². The van der Waals surface area contributed by atoms with Gasteiger partial charge in [-0.25, -0.2) is 4.68 Å². The van der Waals surface area contributed by atoms with Crippen LogP contribution in [0.4, 0.5) is 5.69 Å². The summed E-state index contributed by atoms with van der Waals surface area (Å²) in [5, 5.41) is 15.3. The molecule has 1 amide bonds. The molecule has 1 aromatic heterocycles. The molecule has 0 radical (unpaired) electrons. The lowest BCUT2D eigenvalue weighted by Gasteiger charge is -2.17. The fraction of sp³-hybridized carbons (Fsp3) is 0.158. The summed E-state index contributed by atoms with van der Waals surface area (Å²) >= 11 is 0. The van der Waals surface area contributed by atoms with E-state index in [1.807, 2.05) is 36.5 Å². The minimum atomic E-state index is -0.542. The van der Waals surface area contributed by atoms with Crippen molar-refractivity contribution in [1.82, 2.24) is 14.7 Å². The second-order valence-electron chi connectivity index (χ2n) is 5.93. The summed E-state index contributed by atoms with van der Waals surface area (Å²) < 4.78 is 6.90. The number of hydrogen-bond acceptors (Lipinski definition) is 5. The maximum atomic E-state index is 12.8. The molecule has 0 atom stereocenters. The van der Waals surface area contributed by atoms with Gasteiger partial charge in [-0.2, -0.15) is 5.10 Å². The average Bonchev–Trinajstić information content (AvgIpc) is 3.16. The second-order valence-corrected chi connectivity index (χ2v) is 5.93. The molecule has 8 nitrogen and oxygen atoms in total. The molecule has 8 heteroatoms. The number of ether oxygens (including phenoxy) is 1. The molecular formula is C19H18N4O4. The van der Waals surface area contributed by atoms with Crippen LogP contribution in [0.15, 0.2) is 60.9 Å². The van der Waals surface area contributed by atoms with Crippen LogP contribution in [0.5, 0.6) is 5.75 Å². The highest BCUT2D eigenvalue weighted by Gasteiger charge is 2.21. The van der Waals surface area contributed by atoms with Gasteiger partial charge in [-0.15, -0.1) is 0 Å². The Labute approximate surface area is 155 Å². The third-order valence-electron chi connectivity index (χ3n) is 4.05. The van der Waals surface area contributed by atoms with Crippen LogP contribution < -0.4 is 4.74 Å². The van der Waals surface area contributed by atoms with Crippen molar-refractivity contribution in [2.75, 3.05) is 14.2 Å². The van der Waals surface area contributed by atoms with Crippen LogP contribution in [0.2, 0.25) is 0 Å². The zero-order valence-corrected chi connectivity index (χ0v) is 14.9. The molecule has 0 saturated heterocycles. The molecule has 0 N–H and O–H groups in total. The van der Waals surface area contributed by atoms with Gasteiger partial charge in [-0.3, -0.25) is 14.9 Å². The molecule has 3 rings (SSSR count). The van der Waals surface area contributed by atoms with Crippen molar-refractivity contribution in [3.8, 4) is 11.4 Å². The van der Waals surface area contributed by atoms with Gasteiger partial charge in [-0.05, 0) is 18.2 Å². The normalized spacial score (nSPS) is 10.4. The van der Waals surface area contributed by atoms with E-state index in [0.717, 1.165) is 11.3 Å². The van der Waals surface area contributed by atoms with Gasteiger partial charge in [0.05, 0.1) is 29.5 Å². The largest absolute Gasteiger partial charge is 0.496 e. The number of nitrogens with zero attached hydrogens (tertiary/aromatic N) is 4. The van der Waals surface area contributed by atoms with E-state index in [9.17, 15) is 14.9 Å².